The van der Waals surface area contributed by atoms with Gasteiger partial charge in [-0.05, 0) is 12.8 Å². The fourth-order valence-corrected chi connectivity index (χ4v) is 1.94. The number of hydrogen-bond donors (Lipinski definition) is 1. The van der Waals surface area contributed by atoms with Gasteiger partial charge in [0, 0.05) is 13.1 Å². The van der Waals surface area contributed by atoms with E-state index in [1.165, 1.54) is 17.3 Å². The number of anilines is 2. The van der Waals surface area contributed by atoms with E-state index in [4.69, 9.17) is 5.73 Å². The van der Waals surface area contributed by atoms with Gasteiger partial charge in [-0.3, -0.25) is 0 Å². The highest BCUT2D eigenvalue weighted by molar-refractivity contribution is 5.37. The van der Waals surface area contributed by atoms with Crippen LogP contribution < -0.4 is 10.6 Å². The molecule has 19 heavy (non-hydrogen) atoms. The van der Waals surface area contributed by atoms with Crippen molar-refractivity contribution in [1.82, 2.24) is 29.7 Å². The summed E-state index contributed by atoms with van der Waals surface area (Å²) >= 11 is 0. The van der Waals surface area contributed by atoms with Gasteiger partial charge in [0.1, 0.15) is 12.7 Å². The van der Waals surface area contributed by atoms with E-state index in [0.29, 0.717) is 17.9 Å². The van der Waals surface area contributed by atoms with Crippen LogP contribution in [0.3, 0.4) is 0 Å². The second kappa shape index (κ2) is 5.59. The first-order chi connectivity index (χ1) is 9.15. The first-order valence-electron chi connectivity index (χ1n) is 6.25. The van der Waals surface area contributed by atoms with E-state index in [2.05, 4.69) is 38.9 Å². The second-order valence-electron chi connectivity index (χ2n) is 4.21. The van der Waals surface area contributed by atoms with Gasteiger partial charge in [-0.15, -0.1) is 0 Å². The monoisotopic (exact) mass is 262 g/mol. The molecule has 2 rings (SSSR count). The molecule has 2 N–H and O–H groups in total. The number of aromatic nitrogens is 6. The molecule has 2 aromatic rings. The SMILES string of the molecule is CCC(CC)N(C)c1nc(N)nc(-n2cncn2)n1. The van der Waals surface area contributed by atoms with Crippen molar-refractivity contribution in [3.8, 4) is 5.95 Å². The van der Waals surface area contributed by atoms with Crippen molar-refractivity contribution < 1.29 is 0 Å². The van der Waals surface area contributed by atoms with Gasteiger partial charge in [0.2, 0.25) is 11.9 Å². The van der Waals surface area contributed by atoms with Crippen molar-refractivity contribution in [2.45, 2.75) is 32.7 Å². The van der Waals surface area contributed by atoms with Gasteiger partial charge in [-0.25, -0.2) is 4.98 Å². The van der Waals surface area contributed by atoms with Crippen LogP contribution in [0.1, 0.15) is 26.7 Å². The summed E-state index contributed by atoms with van der Waals surface area (Å²) in [5.74, 6) is 1.10. The van der Waals surface area contributed by atoms with Gasteiger partial charge in [0.15, 0.2) is 0 Å². The molecule has 0 aromatic carbocycles. The van der Waals surface area contributed by atoms with Crippen LogP contribution in [0.25, 0.3) is 5.95 Å². The van der Waals surface area contributed by atoms with Gasteiger partial charge in [-0.1, -0.05) is 13.8 Å². The molecule has 8 nitrogen and oxygen atoms in total. The van der Waals surface area contributed by atoms with Crippen LogP contribution in [0, 0.1) is 0 Å². The van der Waals surface area contributed by atoms with Crippen molar-refractivity contribution in [2.24, 2.45) is 0 Å². The molecule has 0 saturated carbocycles. The van der Waals surface area contributed by atoms with Crippen LogP contribution in [0.2, 0.25) is 0 Å². The summed E-state index contributed by atoms with van der Waals surface area (Å²) in [6.45, 7) is 4.26. The number of nitrogens with two attached hydrogens (primary N) is 1. The zero-order chi connectivity index (χ0) is 13.8. The van der Waals surface area contributed by atoms with Crippen LogP contribution in [-0.4, -0.2) is 42.8 Å². The Morgan fingerprint density at radius 3 is 2.58 bits per heavy atom. The normalized spacial score (nSPS) is 10.9. The molecular formula is C11H18N8. The topological polar surface area (TPSA) is 98.6 Å². The number of rotatable bonds is 5. The molecule has 0 saturated heterocycles. The highest BCUT2D eigenvalue weighted by atomic mass is 15.4. The lowest BCUT2D eigenvalue weighted by molar-refractivity contribution is 0.579. The number of nitrogens with zero attached hydrogens (tertiary/aromatic N) is 7. The molecule has 102 valence electrons. The lowest BCUT2D eigenvalue weighted by Gasteiger charge is -2.26. The van der Waals surface area contributed by atoms with Crippen LogP contribution in [0.5, 0.6) is 0 Å². The molecule has 0 aliphatic heterocycles. The minimum atomic E-state index is 0.174. The molecule has 0 fully saturated rings. The highest BCUT2D eigenvalue weighted by Gasteiger charge is 2.16. The predicted molar refractivity (Wildman–Crippen MR) is 71.9 cm³/mol. The van der Waals surface area contributed by atoms with Crippen molar-refractivity contribution in [3.05, 3.63) is 12.7 Å². The van der Waals surface area contributed by atoms with E-state index in [0.717, 1.165) is 12.8 Å². The zero-order valence-electron chi connectivity index (χ0n) is 11.4. The van der Waals surface area contributed by atoms with E-state index >= 15 is 0 Å². The molecule has 0 bridgehead atoms. The predicted octanol–water partition coefficient (Wildman–Crippen LogP) is 0.659. The smallest absolute Gasteiger partial charge is 0.258 e. The minimum absolute atomic E-state index is 0.174. The summed E-state index contributed by atoms with van der Waals surface area (Å²) in [6, 6.07) is 0.366. The fraction of sp³-hybridized carbons (Fsp3) is 0.545. The molecule has 0 aliphatic carbocycles. The minimum Gasteiger partial charge on any atom is -0.368 e. The first kappa shape index (κ1) is 13.2. The summed E-state index contributed by atoms with van der Waals surface area (Å²) in [5.41, 5.74) is 5.74. The molecule has 0 aliphatic rings. The number of nitrogen functional groups attached to an aromatic ring is 1. The molecular weight excluding hydrogens is 244 g/mol. The molecule has 8 heteroatoms. The van der Waals surface area contributed by atoms with E-state index in [1.54, 1.807) is 0 Å². The summed E-state index contributed by atoms with van der Waals surface area (Å²) in [6.07, 6.45) is 4.97. The van der Waals surface area contributed by atoms with Crippen molar-refractivity contribution >= 4 is 11.9 Å². The Balaban J connectivity index is 2.36. The third-order valence-corrected chi connectivity index (χ3v) is 3.06. The Morgan fingerprint density at radius 2 is 2.00 bits per heavy atom. The van der Waals surface area contributed by atoms with Gasteiger partial charge < -0.3 is 10.6 Å². The van der Waals surface area contributed by atoms with Crippen molar-refractivity contribution in [2.75, 3.05) is 17.7 Å². The molecule has 0 amide bonds. The Morgan fingerprint density at radius 1 is 1.26 bits per heavy atom. The average molecular weight is 262 g/mol. The molecule has 0 atom stereocenters. The van der Waals surface area contributed by atoms with Crippen LogP contribution in [0.15, 0.2) is 12.7 Å². The van der Waals surface area contributed by atoms with Gasteiger partial charge in [0.25, 0.3) is 5.95 Å². The van der Waals surface area contributed by atoms with Gasteiger partial charge >= 0.3 is 0 Å². The summed E-state index contributed by atoms with van der Waals surface area (Å²) in [4.78, 5) is 18.5. The number of hydrogen-bond acceptors (Lipinski definition) is 7. The third-order valence-electron chi connectivity index (χ3n) is 3.06. The summed E-state index contributed by atoms with van der Waals surface area (Å²) in [7, 11) is 1.96. The maximum Gasteiger partial charge on any atom is 0.258 e. The van der Waals surface area contributed by atoms with Crippen LogP contribution in [-0.2, 0) is 0 Å². The largest absolute Gasteiger partial charge is 0.368 e. The Labute approximate surface area is 111 Å². The fourth-order valence-electron chi connectivity index (χ4n) is 1.94. The summed E-state index contributed by atoms with van der Waals surface area (Å²) < 4.78 is 1.46. The molecule has 0 spiro atoms. The Kier molecular flexibility index (Phi) is 3.88. The quantitative estimate of drug-likeness (QED) is 0.844. The van der Waals surface area contributed by atoms with E-state index < -0.39 is 0 Å². The van der Waals surface area contributed by atoms with Crippen LogP contribution in [0.4, 0.5) is 11.9 Å². The lowest BCUT2D eigenvalue weighted by Crippen LogP contribution is -2.32. The molecule has 0 unspecified atom stereocenters. The maximum atomic E-state index is 5.74. The van der Waals surface area contributed by atoms with Crippen molar-refractivity contribution in [3.63, 3.8) is 0 Å². The van der Waals surface area contributed by atoms with E-state index in [-0.39, 0.29) is 5.95 Å². The van der Waals surface area contributed by atoms with Gasteiger partial charge in [-0.2, -0.15) is 24.7 Å². The molecule has 0 radical (unpaired) electrons. The van der Waals surface area contributed by atoms with Crippen molar-refractivity contribution in [1.29, 1.82) is 0 Å². The highest BCUT2D eigenvalue weighted by Crippen LogP contribution is 2.15. The Hall–Kier alpha value is -2.25. The third kappa shape index (κ3) is 2.78. The molecule has 2 aromatic heterocycles. The standard InChI is InChI=1S/C11H18N8/c1-4-8(5-2)18(3)10-15-9(12)16-11(17-10)19-7-13-6-14-19/h6-8H,4-5H2,1-3H3,(H2,12,15,16,17). The molecule has 2 heterocycles. The van der Waals surface area contributed by atoms with E-state index in [1.807, 2.05) is 11.9 Å². The van der Waals surface area contributed by atoms with E-state index in [9.17, 15) is 0 Å². The van der Waals surface area contributed by atoms with Crippen LogP contribution >= 0.6 is 0 Å². The zero-order valence-corrected chi connectivity index (χ0v) is 11.4. The lowest BCUT2D eigenvalue weighted by atomic mass is 10.1. The van der Waals surface area contributed by atoms with Gasteiger partial charge in [0.05, 0.1) is 0 Å². The maximum absolute atomic E-state index is 5.74. The Bertz CT molecular complexity index is 519. The first-order valence-corrected chi connectivity index (χ1v) is 6.25. The summed E-state index contributed by atoms with van der Waals surface area (Å²) in [5, 5.41) is 3.99. The average Bonchev–Trinajstić information content (AvgIpc) is 2.93. The second-order valence-corrected chi connectivity index (χ2v) is 4.21.